The molecular weight excluding hydrogens is 247 g/mol. The van der Waals surface area contributed by atoms with E-state index >= 15 is 0 Å². The number of carbonyl (C=O) groups is 1. The summed E-state index contributed by atoms with van der Waals surface area (Å²) < 4.78 is 4.94. The third-order valence-corrected chi connectivity index (χ3v) is 4.37. The number of allylic oxidation sites excluding steroid dienone is 3. The Morgan fingerprint density at radius 2 is 1.85 bits per heavy atom. The molecule has 2 radical (unpaired) electrons. The van der Waals surface area contributed by atoms with Crippen LogP contribution >= 0.6 is 0 Å². The maximum Gasteiger partial charge on any atom is 0.315 e. The topological polar surface area (TPSA) is 26.3 Å². The molecule has 2 aliphatic carbocycles. The lowest BCUT2D eigenvalue weighted by Gasteiger charge is -2.21. The summed E-state index contributed by atoms with van der Waals surface area (Å²) in [6.45, 7) is 0. The van der Waals surface area contributed by atoms with Crippen molar-refractivity contribution in [2.24, 2.45) is 5.41 Å². The molecule has 3 heteroatoms. The van der Waals surface area contributed by atoms with Crippen LogP contribution in [0.2, 0.25) is 0 Å². The molecule has 0 unspecified atom stereocenters. The summed E-state index contributed by atoms with van der Waals surface area (Å²) in [5.74, 6) is -0.0758. The van der Waals surface area contributed by atoms with Crippen LogP contribution < -0.4 is 5.46 Å². The summed E-state index contributed by atoms with van der Waals surface area (Å²) in [5.41, 5.74) is 4.21. The molecule has 0 amide bonds. The molecule has 0 aliphatic heterocycles. The van der Waals surface area contributed by atoms with Crippen molar-refractivity contribution in [3.05, 3.63) is 47.6 Å². The zero-order valence-corrected chi connectivity index (χ0v) is 11.7. The molecule has 1 saturated carbocycles. The van der Waals surface area contributed by atoms with E-state index in [4.69, 9.17) is 12.6 Å². The number of rotatable bonds is 3. The normalized spacial score (nSPS) is 19.9. The fourth-order valence-electron chi connectivity index (χ4n) is 2.95. The van der Waals surface area contributed by atoms with Gasteiger partial charge in [-0.3, -0.25) is 4.79 Å². The van der Waals surface area contributed by atoms with Gasteiger partial charge in [-0.25, -0.2) is 0 Å². The van der Waals surface area contributed by atoms with Crippen LogP contribution in [0.25, 0.3) is 5.57 Å². The lowest BCUT2D eigenvalue weighted by atomic mass is 9.84. The van der Waals surface area contributed by atoms with Crippen LogP contribution in [0.15, 0.2) is 42.0 Å². The van der Waals surface area contributed by atoms with Crippen molar-refractivity contribution >= 4 is 24.9 Å². The molecule has 0 atom stereocenters. The van der Waals surface area contributed by atoms with E-state index in [0.29, 0.717) is 0 Å². The predicted octanol–water partition coefficient (Wildman–Crippen LogP) is 2.54. The average Bonchev–Trinajstić information content (AvgIpc) is 3.29. The highest BCUT2D eigenvalue weighted by molar-refractivity contribution is 6.32. The minimum absolute atomic E-state index is 0.0758. The Balaban J connectivity index is 1.83. The standard InChI is InChI=1S/C17H17BO2/c1-20-16(19)17(10-11-17)14-6-2-12(3-7-14)13-4-8-15(18)9-5-13/h2,4-6,8-9H,3,7,10-11H2,1H3. The van der Waals surface area contributed by atoms with Crippen molar-refractivity contribution < 1.29 is 9.53 Å². The third kappa shape index (κ3) is 2.22. The summed E-state index contributed by atoms with van der Waals surface area (Å²) in [6, 6.07) is 7.94. The van der Waals surface area contributed by atoms with E-state index < -0.39 is 0 Å². The van der Waals surface area contributed by atoms with E-state index in [0.717, 1.165) is 31.1 Å². The largest absolute Gasteiger partial charge is 0.468 e. The minimum Gasteiger partial charge on any atom is -0.468 e. The molecule has 1 aromatic carbocycles. The first-order chi connectivity index (χ1) is 9.65. The SMILES string of the molecule is [B]c1ccc(C2=CC=C(C3(C(=O)OC)CC3)CC2)cc1. The van der Waals surface area contributed by atoms with Gasteiger partial charge in [0.1, 0.15) is 7.85 Å². The van der Waals surface area contributed by atoms with E-state index in [1.165, 1.54) is 23.8 Å². The Morgan fingerprint density at radius 1 is 1.15 bits per heavy atom. The van der Waals surface area contributed by atoms with Gasteiger partial charge in [-0.15, -0.1) is 0 Å². The van der Waals surface area contributed by atoms with Gasteiger partial charge in [0.05, 0.1) is 12.5 Å². The summed E-state index contributed by atoms with van der Waals surface area (Å²) in [6.07, 6.45) is 8.00. The van der Waals surface area contributed by atoms with E-state index in [2.05, 4.69) is 12.2 Å². The number of benzene rings is 1. The number of hydrogen-bond donors (Lipinski definition) is 0. The molecule has 20 heavy (non-hydrogen) atoms. The quantitative estimate of drug-likeness (QED) is 0.619. The molecule has 0 spiro atoms. The van der Waals surface area contributed by atoms with Gasteiger partial charge in [-0.2, -0.15) is 0 Å². The maximum atomic E-state index is 11.9. The highest BCUT2D eigenvalue weighted by Gasteiger charge is 2.53. The number of esters is 1. The van der Waals surface area contributed by atoms with Crippen molar-refractivity contribution in [1.82, 2.24) is 0 Å². The fourth-order valence-corrected chi connectivity index (χ4v) is 2.95. The molecule has 2 nitrogen and oxygen atoms in total. The molecule has 0 N–H and O–H groups in total. The van der Waals surface area contributed by atoms with Crippen molar-refractivity contribution in [2.45, 2.75) is 25.7 Å². The smallest absolute Gasteiger partial charge is 0.315 e. The Morgan fingerprint density at radius 3 is 2.35 bits per heavy atom. The average molecular weight is 264 g/mol. The Bertz CT molecular complexity index is 592. The molecule has 1 fully saturated rings. The molecular formula is C17H17BO2. The summed E-state index contributed by atoms with van der Waals surface area (Å²) in [7, 11) is 7.18. The number of methoxy groups -OCH3 is 1. The number of hydrogen-bond acceptors (Lipinski definition) is 2. The second kappa shape index (κ2) is 4.97. The zero-order valence-electron chi connectivity index (χ0n) is 11.7. The first kappa shape index (κ1) is 13.2. The summed E-state index contributed by atoms with van der Waals surface area (Å²) in [5, 5.41) is 0. The van der Waals surface area contributed by atoms with Crippen LogP contribution in [-0.2, 0) is 9.53 Å². The first-order valence-corrected chi connectivity index (χ1v) is 7.00. The van der Waals surface area contributed by atoms with Crippen LogP contribution in [-0.4, -0.2) is 20.9 Å². The van der Waals surface area contributed by atoms with Gasteiger partial charge in [-0.05, 0) is 36.8 Å². The molecule has 0 heterocycles. The molecule has 3 rings (SSSR count). The molecule has 0 bridgehead atoms. The Hall–Kier alpha value is -1.77. The van der Waals surface area contributed by atoms with E-state index in [1.54, 1.807) is 0 Å². The first-order valence-electron chi connectivity index (χ1n) is 7.00. The van der Waals surface area contributed by atoms with Crippen molar-refractivity contribution in [3.63, 3.8) is 0 Å². The number of ether oxygens (including phenoxy) is 1. The second-order valence-corrected chi connectivity index (χ2v) is 5.58. The highest BCUT2D eigenvalue weighted by atomic mass is 16.5. The molecule has 100 valence electrons. The van der Waals surface area contributed by atoms with Gasteiger partial charge in [0.15, 0.2) is 0 Å². The third-order valence-electron chi connectivity index (χ3n) is 4.37. The summed E-state index contributed by atoms with van der Waals surface area (Å²) >= 11 is 0. The van der Waals surface area contributed by atoms with Crippen LogP contribution in [0.5, 0.6) is 0 Å². The summed E-state index contributed by atoms with van der Waals surface area (Å²) in [4.78, 5) is 11.9. The molecule has 0 aromatic heterocycles. The van der Waals surface area contributed by atoms with Crippen LogP contribution in [0, 0.1) is 5.41 Å². The predicted molar refractivity (Wildman–Crippen MR) is 80.8 cm³/mol. The zero-order chi connectivity index (χ0) is 14.2. The van der Waals surface area contributed by atoms with Crippen LogP contribution in [0.3, 0.4) is 0 Å². The van der Waals surface area contributed by atoms with Gasteiger partial charge < -0.3 is 4.74 Å². The van der Waals surface area contributed by atoms with Crippen LogP contribution in [0.4, 0.5) is 0 Å². The molecule has 2 aliphatic rings. The van der Waals surface area contributed by atoms with Gasteiger partial charge in [0, 0.05) is 0 Å². The van der Waals surface area contributed by atoms with Gasteiger partial charge in [0.25, 0.3) is 0 Å². The van der Waals surface area contributed by atoms with Crippen molar-refractivity contribution in [2.75, 3.05) is 7.11 Å². The molecule has 0 saturated heterocycles. The van der Waals surface area contributed by atoms with Gasteiger partial charge in [-0.1, -0.05) is 47.5 Å². The lowest BCUT2D eigenvalue weighted by molar-refractivity contribution is -0.145. The van der Waals surface area contributed by atoms with E-state index in [1.807, 2.05) is 24.3 Å². The Kier molecular flexibility index (Phi) is 3.29. The van der Waals surface area contributed by atoms with Gasteiger partial charge in [0.2, 0.25) is 0 Å². The minimum atomic E-state index is -0.308. The second-order valence-electron chi connectivity index (χ2n) is 5.58. The Labute approximate surface area is 120 Å². The lowest BCUT2D eigenvalue weighted by Crippen LogP contribution is -2.20. The van der Waals surface area contributed by atoms with Crippen molar-refractivity contribution in [1.29, 1.82) is 0 Å². The maximum absolute atomic E-state index is 11.9. The number of carbonyl (C=O) groups excluding carboxylic acids is 1. The van der Waals surface area contributed by atoms with Crippen LogP contribution in [0.1, 0.15) is 31.2 Å². The fraction of sp³-hybridized carbons (Fsp3) is 0.353. The van der Waals surface area contributed by atoms with Crippen molar-refractivity contribution in [3.8, 4) is 0 Å². The monoisotopic (exact) mass is 264 g/mol. The van der Waals surface area contributed by atoms with E-state index in [-0.39, 0.29) is 11.4 Å². The van der Waals surface area contributed by atoms with Gasteiger partial charge >= 0.3 is 5.97 Å². The highest BCUT2D eigenvalue weighted by Crippen LogP contribution is 2.55. The van der Waals surface area contributed by atoms with E-state index in [9.17, 15) is 4.79 Å². The molecule has 1 aromatic rings.